The van der Waals surface area contributed by atoms with Gasteiger partial charge in [0.05, 0.1) is 12.6 Å². The lowest BCUT2D eigenvalue weighted by Gasteiger charge is -2.28. The highest BCUT2D eigenvalue weighted by Gasteiger charge is 2.35. The molecule has 2 atom stereocenters. The van der Waals surface area contributed by atoms with Crippen molar-refractivity contribution >= 4 is 6.09 Å². The van der Waals surface area contributed by atoms with Crippen LogP contribution in [0.25, 0.3) is 0 Å². The van der Waals surface area contributed by atoms with Crippen LogP contribution in [0.1, 0.15) is 47.0 Å². The van der Waals surface area contributed by atoms with Gasteiger partial charge >= 0.3 is 6.09 Å². The van der Waals surface area contributed by atoms with Crippen molar-refractivity contribution in [1.82, 2.24) is 4.90 Å². The first-order valence-corrected chi connectivity index (χ1v) is 6.01. The highest BCUT2D eigenvalue weighted by molar-refractivity contribution is 5.69. The molecular formula is C12H23NO3. The molecule has 0 saturated carbocycles. The van der Waals surface area contributed by atoms with Crippen molar-refractivity contribution in [2.24, 2.45) is 0 Å². The van der Waals surface area contributed by atoms with Crippen molar-refractivity contribution < 1.29 is 14.6 Å². The molecule has 4 heteroatoms. The second-order valence-corrected chi connectivity index (χ2v) is 5.46. The predicted molar refractivity (Wildman–Crippen MR) is 62.3 cm³/mol. The van der Waals surface area contributed by atoms with Crippen LogP contribution >= 0.6 is 0 Å². The summed E-state index contributed by atoms with van der Waals surface area (Å²) in [6.07, 6.45) is 1.91. The van der Waals surface area contributed by atoms with Crippen LogP contribution < -0.4 is 0 Å². The average Bonchev–Trinajstić information content (AvgIpc) is 2.44. The molecule has 0 bridgehead atoms. The van der Waals surface area contributed by atoms with E-state index < -0.39 is 11.7 Å². The van der Waals surface area contributed by atoms with Gasteiger partial charge in [-0.2, -0.15) is 0 Å². The van der Waals surface area contributed by atoms with E-state index in [2.05, 4.69) is 6.92 Å². The maximum Gasteiger partial charge on any atom is 0.410 e. The van der Waals surface area contributed by atoms with Gasteiger partial charge in [0.1, 0.15) is 5.60 Å². The van der Waals surface area contributed by atoms with Gasteiger partial charge in [0.15, 0.2) is 0 Å². The number of rotatable bonds is 2. The Balaban J connectivity index is 2.59. The maximum absolute atomic E-state index is 11.9. The van der Waals surface area contributed by atoms with Gasteiger partial charge in [-0.05, 0) is 33.6 Å². The number of β-amino-alcohol motifs (C(OH)–C–C–N with tert-alkyl or cyclic N) is 1. The smallest absolute Gasteiger partial charge is 0.410 e. The maximum atomic E-state index is 11.9. The lowest BCUT2D eigenvalue weighted by molar-refractivity contribution is 0.0202. The van der Waals surface area contributed by atoms with Gasteiger partial charge in [-0.1, -0.05) is 13.3 Å². The number of hydrogen-bond donors (Lipinski definition) is 1. The second-order valence-electron chi connectivity index (χ2n) is 5.46. The topological polar surface area (TPSA) is 49.8 Å². The number of aliphatic hydroxyl groups excluding tert-OH is 1. The van der Waals surface area contributed by atoms with E-state index in [-0.39, 0.29) is 12.1 Å². The van der Waals surface area contributed by atoms with Crippen LogP contribution in [0.5, 0.6) is 0 Å². The Kier molecular flexibility index (Phi) is 4.19. The van der Waals surface area contributed by atoms with Crippen LogP contribution in [0.2, 0.25) is 0 Å². The zero-order valence-electron chi connectivity index (χ0n) is 10.7. The molecule has 0 aromatic heterocycles. The van der Waals surface area contributed by atoms with Crippen LogP contribution in [0.3, 0.4) is 0 Å². The van der Waals surface area contributed by atoms with E-state index >= 15 is 0 Å². The fourth-order valence-electron chi connectivity index (χ4n) is 2.04. The lowest BCUT2D eigenvalue weighted by atomic mass is 10.1. The highest BCUT2D eigenvalue weighted by atomic mass is 16.6. The minimum absolute atomic E-state index is 0.134. The molecule has 0 aliphatic carbocycles. The van der Waals surface area contributed by atoms with Gasteiger partial charge in [-0.15, -0.1) is 0 Å². The number of hydrogen-bond acceptors (Lipinski definition) is 3. The summed E-state index contributed by atoms with van der Waals surface area (Å²) in [7, 11) is 0. The standard InChI is InChI=1S/C12H23NO3/c1-5-6-9-7-10(14)8-13(9)11(15)16-12(2,3)4/h9-10,14H,5-8H2,1-4H3/t9-,10-/m1/s1. The number of amides is 1. The van der Waals surface area contributed by atoms with E-state index in [4.69, 9.17) is 4.74 Å². The molecule has 1 aliphatic rings. The Bertz CT molecular complexity index is 247. The van der Waals surface area contributed by atoms with Crippen molar-refractivity contribution in [2.75, 3.05) is 6.54 Å². The molecule has 1 rings (SSSR count). The first-order chi connectivity index (χ1) is 7.33. The number of aliphatic hydroxyl groups is 1. The Morgan fingerprint density at radius 2 is 2.12 bits per heavy atom. The van der Waals surface area contributed by atoms with Crippen molar-refractivity contribution in [3.05, 3.63) is 0 Å². The first kappa shape index (κ1) is 13.3. The third-order valence-electron chi connectivity index (χ3n) is 2.64. The molecule has 1 fully saturated rings. The van der Waals surface area contributed by atoms with Crippen molar-refractivity contribution in [2.45, 2.75) is 64.7 Å². The molecule has 16 heavy (non-hydrogen) atoms. The Hall–Kier alpha value is -0.770. The van der Waals surface area contributed by atoms with E-state index in [0.717, 1.165) is 12.8 Å². The van der Waals surface area contributed by atoms with Crippen molar-refractivity contribution in [3.63, 3.8) is 0 Å². The molecule has 0 spiro atoms. The largest absolute Gasteiger partial charge is 0.444 e. The summed E-state index contributed by atoms with van der Waals surface area (Å²) in [5.74, 6) is 0. The van der Waals surface area contributed by atoms with Crippen LogP contribution in [-0.2, 0) is 4.74 Å². The summed E-state index contributed by atoms with van der Waals surface area (Å²) in [6.45, 7) is 8.04. The molecule has 94 valence electrons. The molecule has 1 aliphatic heterocycles. The number of carbonyl (C=O) groups is 1. The number of ether oxygens (including phenoxy) is 1. The van der Waals surface area contributed by atoms with Crippen LogP contribution in [-0.4, -0.2) is 40.4 Å². The average molecular weight is 229 g/mol. The van der Waals surface area contributed by atoms with E-state index in [1.807, 2.05) is 20.8 Å². The SMILES string of the molecule is CCC[C@@H]1C[C@@H](O)CN1C(=O)OC(C)(C)C. The first-order valence-electron chi connectivity index (χ1n) is 6.01. The van der Waals surface area contributed by atoms with Crippen molar-refractivity contribution in [1.29, 1.82) is 0 Å². The summed E-state index contributed by atoms with van der Waals surface area (Å²) in [6, 6.07) is 0.134. The fourth-order valence-corrected chi connectivity index (χ4v) is 2.04. The minimum Gasteiger partial charge on any atom is -0.444 e. The molecule has 1 amide bonds. The molecule has 0 unspecified atom stereocenters. The zero-order valence-corrected chi connectivity index (χ0v) is 10.7. The van der Waals surface area contributed by atoms with Crippen molar-refractivity contribution in [3.8, 4) is 0 Å². The second kappa shape index (κ2) is 5.04. The summed E-state index contributed by atoms with van der Waals surface area (Å²) in [5, 5.41) is 9.59. The van der Waals surface area contributed by atoms with Crippen LogP contribution in [0.4, 0.5) is 4.79 Å². The quantitative estimate of drug-likeness (QED) is 0.789. The summed E-state index contributed by atoms with van der Waals surface area (Å²) < 4.78 is 5.32. The molecule has 4 nitrogen and oxygen atoms in total. The Morgan fingerprint density at radius 1 is 1.50 bits per heavy atom. The minimum atomic E-state index is -0.471. The molecule has 0 aromatic rings. The summed E-state index contributed by atoms with van der Waals surface area (Å²) in [5.41, 5.74) is -0.471. The number of nitrogens with zero attached hydrogens (tertiary/aromatic N) is 1. The summed E-state index contributed by atoms with van der Waals surface area (Å²) >= 11 is 0. The van der Waals surface area contributed by atoms with Gasteiger partial charge in [0, 0.05) is 6.04 Å². The van der Waals surface area contributed by atoms with E-state index in [0.29, 0.717) is 13.0 Å². The monoisotopic (exact) mass is 229 g/mol. The molecule has 1 N–H and O–H groups in total. The number of likely N-dealkylation sites (tertiary alicyclic amines) is 1. The van der Waals surface area contributed by atoms with Crippen LogP contribution in [0, 0.1) is 0 Å². The lowest BCUT2D eigenvalue weighted by Crippen LogP contribution is -2.40. The van der Waals surface area contributed by atoms with E-state index in [1.54, 1.807) is 4.90 Å². The molecular weight excluding hydrogens is 206 g/mol. The summed E-state index contributed by atoms with van der Waals surface area (Å²) in [4.78, 5) is 13.6. The molecule has 0 radical (unpaired) electrons. The molecule has 0 aromatic carbocycles. The zero-order chi connectivity index (χ0) is 12.3. The van der Waals surface area contributed by atoms with Gasteiger partial charge in [0.25, 0.3) is 0 Å². The van der Waals surface area contributed by atoms with Gasteiger partial charge in [0.2, 0.25) is 0 Å². The number of carbonyl (C=O) groups excluding carboxylic acids is 1. The van der Waals surface area contributed by atoms with Gasteiger partial charge in [-0.25, -0.2) is 4.79 Å². The third kappa shape index (κ3) is 3.67. The van der Waals surface area contributed by atoms with E-state index in [9.17, 15) is 9.90 Å². The predicted octanol–water partition coefficient (Wildman–Crippen LogP) is 2.16. The fraction of sp³-hybridized carbons (Fsp3) is 0.917. The molecule has 1 saturated heterocycles. The van der Waals surface area contributed by atoms with E-state index in [1.165, 1.54) is 0 Å². The Labute approximate surface area is 97.6 Å². The molecule has 1 heterocycles. The third-order valence-corrected chi connectivity index (χ3v) is 2.64. The van der Waals surface area contributed by atoms with Gasteiger partial charge in [-0.3, -0.25) is 0 Å². The van der Waals surface area contributed by atoms with Gasteiger partial charge < -0.3 is 14.7 Å². The van der Waals surface area contributed by atoms with Crippen LogP contribution in [0.15, 0.2) is 0 Å². The normalized spacial score (nSPS) is 25.9. The highest BCUT2D eigenvalue weighted by Crippen LogP contribution is 2.24. The Morgan fingerprint density at radius 3 is 2.62 bits per heavy atom.